The van der Waals surface area contributed by atoms with Crippen LogP contribution in [0.2, 0.25) is 5.02 Å². The molecule has 27 heavy (non-hydrogen) atoms. The maximum atomic E-state index is 12.4. The second kappa shape index (κ2) is 6.96. The van der Waals surface area contributed by atoms with Gasteiger partial charge in [-0.15, -0.1) is 0 Å². The second-order valence-corrected chi connectivity index (χ2v) is 6.68. The highest BCUT2D eigenvalue weighted by Crippen LogP contribution is 2.39. The summed E-state index contributed by atoms with van der Waals surface area (Å²) in [5, 5.41) is 3.58. The van der Waals surface area contributed by atoms with Gasteiger partial charge in [-0.2, -0.15) is 0 Å². The van der Waals surface area contributed by atoms with E-state index in [1.54, 1.807) is 20.5 Å². The molecule has 1 N–H and O–H groups in total. The van der Waals surface area contributed by atoms with Gasteiger partial charge in [-0.1, -0.05) is 23.7 Å². The summed E-state index contributed by atoms with van der Waals surface area (Å²) in [6.07, 6.45) is 2.00. The molecule has 1 atom stereocenters. The lowest BCUT2D eigenvalue weighted by Gasteiger charge is -2.24. The summed E-state index contributed by atoms with van der Waals surface area (Å²) in [5.74, 6) is 1.72. The molecule has 138 valence electrons. The molecule has 0 unspecified atom stereocenters. The summed E-state index contributed by atoms with van der Waals surface area (Å²) in [6.45, 7) is 0. The van der Waals surface area contributed by atoms with E-state index in [-0.39, 0.29) is 11.8 Å². The molecule has 7 heteroatoms. The number of aromatic nitrogens is 2. The standard InChI is InChI=1S/C20H18ClN3O3/c1-26-14-6-7-17(27-2)16(9-14)24-11-22-19-15(10-18(25)23-20(19)24)12-4-3-5-13(21)8-12/h3-9,11,15H,10H2,1-2H3,(H,23,25)/t15-/m1/s1. The highest BCUT2D eigenvalue weighted by molar-refractivity contribution is 6.30. The number of carbonyl (C=O) groups excluding carboxylic acids is 1. The highest BCUT2D eigenvalue weighted by atomic mass is 35.5. The van der Waals surface area contributed by atoms with Crippen molar-refractivity contribution in [1.82, 2.24) is 9.55 Å². The Morgan fingerprint density at radius 1 is 1.19 bits per heavy atom. The highest BCUT2D eigenvalue weighted by Gasteiger charge is 2.31. The van der Waals surface area contributed by atoms with Gasteiger partial charge in [0.25, 0.3) is 0 Å². The number of amides is 1. The molecule has 0 bridgehead atoms. The lowest BCUT2D eigenvalue weighted by Crippen LogP contribution is -2.25. The fourth-order valence-corrected chi connectivity index (χ4v) is 3.57. The molecular formula is C20H18ClN3O3. The predicted molar refractivity (Wildman–Crippen MR) is 103 cm³/mol. The third-order valence-corrected chi connectivity index (χ3v) is 4.90. The topological polar surface area (TPSA) is 65.4 Å². The normalized spacial score (nSPS) is 15.8. The van der Waals surface area contributed by atoms with Crippen LogP contribution in [0.4, 0.5) is 5.82 Å². The summed E-state index contributed by atoms with van der Waals surface area (Å²) in [5.41, 5.74) is 2.49. The number of benzene rings is 2. The van der Waals surface area contributed by atoms with E-state index in [2.05, 4.69) is 10.3 Å². The van der Waals surface area contributed by atoms with Crippen LogP contribution >= 0.6 is 11.6 Å². The summed E-state index contributed by atoms with van der Waals surface area (Å²) >= 11 is 6.15. The SMILES string of the molecule is COc1ccc(OC)c(-n2cnc3c2NC(=O)C[C@@H]3c2cccc(Cl)c2)c1. The number of rotatable bonds is 4. The second-order valence-electron chi connectivity index (χ2n) is 6.25. The molecule has 4 rings (SSSR count). The van der Waals surface area contributed by atoms with Crippen molar-refractivity contribution >= 4 is 23.3 Å². The third-order valence-electron chi connectivity index (χ3n) is 4.67. The molecule has 0 radical (unpaired) electrons. The first kappa shape index (κ1) is 17.4. The van der Waals surface area contributed by atoms with Crippen LogP contribution in [-0.4, -0.2) is 29.7 Å². The molecule has 2 heterocycles. The van der Waals surface area contributed by atoms with Crippen molar-refractivity contribution in [2.24, 2.45) is 0 Å². The van der Waals surface area contributed by atoms with Crippen LogP contribution in [0, 0.1) is 0 Å². The van der Waals surface area contributed by atoms with Crippen LogP contribution in [-0.2, 0) is 4.79 Å². The molecule has 3 aromatic rings. The molecule has 0 fully saturated rings. The quantitative estimate of drug-likeness (QED) is 0.739. The molecule has 0 saturated carbocycles. The number of halogens is 1. The van der Waals surface area contributed by atoms with Crippen molar-refractivity contribution in [3.05, 3.63) is 65.1 Å². The van der Waals surface area contributed by atoms with E-state index in [9.17, 15) is 4.79 Å². The Labute approximate surface area is 161 Å². The maximum absolute atomic E-state index is 12.4. The van der Waals surface area contributed by atoms with Crippen molar-refractivity contribution in [3.8, 4) is 17.2 Å². The lowest BCUT2D eigenvalue weighted by molar-refractivity contribution is -0.116. The number of anilines is 1. The molecule has 0 saturated heterocycles. The van der Waals surface area contributed by atoms with Crippen LogP contribution in [0.5, 0.6) is 11.5 Å². The van der Waals surface area contributed by atoms with Crippen LogP contribution in [0.25, 0.3) is 5.69 Å². The van der Waals surface area contributed by atoms with Crippen LogP contribution < -0.4 is 14.8 Å². The molecular weight excluding hydrogens is 366 g/mol. The number of methoxy groups -OCH3 is 2. The molecule has 0 spiro atoms. The number of hydrogen-bond donors (Lipinski definition) is 1. The van der Waals surface area contributed by atoms with Gasteiger partial charge in [0.2, 0.25) is 5.91 Å². The summed E-state index contributed by atoms with van der Waals surface area (Å²) < 4.78 is 12.6. The molecule has 0 aliphatic carbocycles. The Morgan fingerprint density at radius 2 is 2.04 bits per heavy atom. The fourth-order valence-electron chi connectivity index (χ4n) is 3.37. The largest absolute Gasteiger partial charge is 0.497 e. The first-order valence-electron chi connectivity index (χ1n) is 8.45. The molecule has 6 nitrogen and oxygen atoms in total. The maximum Gasteiger partial charge on any atom is 0.226 e. The number of fused-ring (bicyclic) bond motifs is 1. The van der Waals surface area contributed by atoms with Gasteiger partial charge in [-0.3, -0.25) is 9.36 Å². The van der Waals surface area contributed by atoms with Gasteiger partial charge in [0.15, 0.2) is 0 Å². The van der Waals surface area contributed by atoms with Crippen molar-refractivity contribution < 1.29 is 14.3 Å². The van der Waals surface area contributed by atoms with Gasteiger partial charge in [0, 0.05) is 23.4 Å². The number of carbonyl (C=O) groups is 1. The zero-order valence-corrected chi connectivity index (χ0v) is 15.7. The third kappa shape index (κ3) is 3.13. The minimum atomic E-state index is -0.162. The first-order chi connectivity index (χ1) is 13.1. The molecule has 1 amide bonds. The van der Waals surface area contributed by atoms with Crippen LogP contribution in [0.1, 0.15) is 23.6 Å². The van der Waals surface area contributed by atoms with Gasteiger partial charge in [0.1, 0.15) is 23.6 Å². The molecule has 1 aromatic heterocycles. The average Bonchev–Trinajstić information content (AvgIpc) is 3.10. The van der Waals surface area contributed by atoms with Gasteiger partial charge >= 0.3 is 0 Å². The number of imidazole rings is 1. The zero-order valence-electron chi connectivity index (χ0n) is 14.9. The van der Waals surface area contributed by atoms with E-state index in [1.807, 2.05) is 47.0 Å². The zero-order chi connectivity index (χ0) is 19.0. The van der Waals surface area contributed by atoms with Gasteiger partial charge in [-0.25, -0.2) is 4.98 Å². The fraction of sp³-hybridized carbons (Fsp3) is 0.200. The van der Waals surface area contributed by atoms with E-state index in [4.69, 9.17) is 21.1 Å². The minimum absolute atomic E-state index is 0.0731. The molecule has 2 aromatic carbocycles. The van der Waals surface area contributed by atoms with Gasteiger partial charge in [0.05, 0.1) is 25.6 Å². The van der Waals surface area contributed by atoms with Crippen molar-refractivity contribution in [1.29, 1.82) is 0 Å². The lowest BCUT2D eigenvalue weighted by atomic mass is 9.90. The monoisotopic (exact) mass is 383 g/mol. The Kier molecular flexibility index (Phi) is 4.49. The van der Waals surface area contributed by atoms with E-state index in [0.717, 1.165) is 16.9 Å². The Bertz CT molecular complexity index is 1020. The minimum Gasteiger partial charge on any atom is -0.497 e. The van der Waals surface area contributed by atoms with E-state index < -0.39 is 0 Å². The Morgan fingerprint density at radius 3 is 2.78 bits per heavy atom. The number of hydrogen-bond acceptors (Lipinski definition) is 4. The van der Waals surface area contributed by atoms with Crippen LogP contribution in [0.3, 0.4) is 0 Å². The molecule has 1 aliphatic rings. The first-order valence-corrected chi connectivity index (χ1v) is 8.83. The Hall–Kier alpha value is -2.99. The summed E-state index contributed by atoms with van der Waals surface area (Å²) in [7, 11) is 3.20. The predicted octanol–water partition coefficient (Wildman–Crippen LogP) is 4.02. The number of nitrogens with zero attached hydrogens (tertiary/aromatic N) is 2. The number of nitrogens with one attached hydrogen (secondary N) is 1. The van der Waals surface area contributed by atoms with E-state index in [1.165, 1.54) is 0 Å². The summed E-state index contributed by atoms with van der Waals surface area (Å²) in [6, 6.07) is 13.0. The van der Waals surface area contributed by atoms with Gasteiger partial charge in [-0.05, 0) is 29.8 Å². The van der Waals surface area contributed by atoms with Crippen molar-refractivity contribution in [2.75, 3.05) is 19.5 Å². The van der Waals surface area contributed by atoms with E-state index >= 15 is 0 Å². The Balaban J connectivity index is 1.85. The molecule has 1 aliphatic heterocycles. The van der Waals surface area contributed by atoms with Crippen LogP contribution in [0.15, 0.2) is 48.8 Å². The average molecular weight is 384 g/mol. The summed E-state index contributed by atoms with van der Waals surface area (Å²) in [4.78, 5) is 17.0. The smallest absolute Gasteiger partial charge is 0.226 e. The number of ether oxygens (including phenoxy) is 2. The van der Waals surface area contributed by atoms with Crippen molar-refractivity contribution in [3.63, 3.8) is 0 Å². The van der Waals surface area contributed by atoms with E-state index in [0.29, 0.717) is 28.8 Å². The van der Waals surface area contributed by atoms with Gasteiger partial charge < -0.3 is 14.8 Å². The van der Waals surface area contributed by atoms with Crippen molar-refractivity contribution in [2.45, 2.75) is 12.3 Å².